The summed E-state index contributed by atoms with van der Waals surface area (Å²) in [7, 11) is 0. The molecule has 1 aromatic carbocycles. The summed E-state index contributed by atoms with van der Waals surface area (Å²) in [6, 6.07) is 8.67. The number of aliphatic carboxylic acids is 1. The van der Waals surface area contributed by atoms with E-state index in [9.17, 15) is 9.59 Å². The fourth-order valence-corrected chi connectivity index (χ4v) is 2.21. The van der Waals surface area contributed by atoms with Gasteiger partial charge in [0.15, 0.2) is 0 Å². The standard InChI is InChI=1S/C13H9ClN4O3/c14-9-4-2-1-3-8(9)10-5-11-13(21)17(6-12(19)20)15-7-18(11)16-10/h1-5,7H,6H2,(H,19,20). The molecule has 3 rings (SSSR count). The Bertz CT molecular complexity index is 900. The van der Waals surface area contributed by atoms with Gasteiger partial charge < -0.3 is 5.11 Å². The van der Waals surface area contributed by atoms with Gasteiger partial charge in [0, 0.05) is 5.56 Å². The van der Waals surface area contributed by atoms with Crippen molar-refractivity contribution in [3.05, 3.63) is 52.0 Å². The smallest absolute Gasteiger partial charge is 0.325 e. The second kappa shape index (κ2) is 5.02. The molecule has 0 fully saturated rings. The minimum absolute atomic E-state index is 0.237. The molecule has 0 bridgehead atoms. The molecule has 0 aliphatic rings. The van der Waals surface area contributed by atoms with Gasteiger partial charge in [0.25, 0.3) is 5.56 Å². The highest BCUT2D eigenvalue weighted by Crippen LogP contribution is 2.26. The van der Waals surface area contributed by atoms with Gasteiger partial charge in [-0.2, -0.15) is 10.2 Å². The molecular weight excluding hydrogens is 296 g/mol. The fourth-order valence-electron chi connectivity index (χ4n) is 1.98. The van der Waals surface area contributed by atoms with Gasteiger partial charge in [0.2, 0.25) is 0 Å². The van der Waals surface area contributed by atoms with Crippen molar-refractivity contribution >= 4 is 23.1 Å². The first-order chi connectivity index (χ1) is 10.1. The van der Waals surface area contributed by atoms with E-state index in [2.05, 4.69) is 10.2 Å². The van der Waals surface area contributed by atoms with Crippen molar-refractivity contribution in [1.82, 2.24) is 19.4 Å². The molecule has 0 unspecified atom stereocenters. The Labute approximate surface area is 123 Å². The molecule has 0 atom stereocenters. The van der Waals surface area contributed by atoms with Crippen LogP contribution < -0.4 is 5.56 Å². The zero-order valence-corrected chi connectivity index (χ0v) is 11.4. The van der Waals surface area contributed by atoms with Gasteiger partial charge in [-0.1, -0.05) is 29.8 Å². The maximum Gasteiger partial charge on any atom is 0.325 e. The number of halogens is 1. The van der Waals surface area contributed by atoms with Crippen molar-refractivity contribution < 1.29 is 9.90 Å². The average Bonchev–Trinajstić information content (AvgIpc) is 2.87. The van der Waals surface area contributed by atoms with E-state index in [1.54, 1.807) is 24.3 Å². The van der Waals surface area contributed by atoms with Gasteiger partial charge in [0.1, 0.15) is 18.4 Å². The van der Waals surface area contributed by atoms with E-state index in [4.69, 9.17) is 16.7 Å². The summed E-state index contributed by atoms with van der Waals surface area (Å²) < 4.78 is 2.18. The van der Waals surface area contributed by atoms with Crippen LogP contribution in [-0.4, -0.2) is 30.5 Å². The van der Waals surface area contributed by atoms with Crippen molar-refractivity contribution in [2.24, 2.45) is 0 Å². The molecule has 0 aliphatic carbocycles. The Balaban J connectivity index is 2.17. The third kappa shape index (κ3) is 2.38. The van der Waals surface area contributed by atoms with Crippen LogP contribution in [0.1, 0.15) is 0 Å². The molecule has 3 aromatic rings. The zero-order valence-electron chi connectivity index (χ0n) is 10.6. The van der Waals surface area contributed by atoms with E-state index in [0.29, 0.717) is 16.3 Å². The van der Waals surface area contributed by atoms with E-state index in [-0.39, 0.29) is 5.52 Å². The van der Waals surface area contributed by atoms with Crippen LogP contribution in [0.15, 0.2) is 41.5 Å². The summed E-state index contributed by atoms with van der Waals surface area (Å²) >= 11 is 6.10. The second-order valence-electron chi connectivity index (χ2n) is 4.33. The molecule has 2 heterocycles. The van der Waals surface area contributed by atoms with Gasteiger partial charge in [-0.3, -0.25) is 9.59 Å². The molecule has 7 nitrogen and oxygen atoms in total. The zero-order chi connectivity index (χ0) is 15.0. The first kappa shape index (κ1) is 13.3. The largest absolute Gasteiger partial charge is 0.480 e. The Morgan fingerprint density at radius 3 is 2.81 bits per heavy atom. The van der Waals surface area contributed by atoms with Crippen molar-refractivity contribution in [1.29, 1.82) is 0 Å². The number of rotatable bonds is 3. The SMILES string of the molecule is O=C(O)Cn1ncn2nc(-c3ccccc3Cl)cc2c1=O. The lowest BCUT2D eigenvalue weighted by atomic mass is 10.1. The van der Waals surface area contributed by atoms with Crippen molar-refractivity contribution in [2.45, 2.75) is 6.54 Å². The molecular formula is C13H9ClN4O3. The number of aromatic nitrogens is 4. The fraction of sp³-hybridized carbons (Fsp3) is 0.0769. The Kier molecular flexibility index (Phi) is 3.19. The van der Waals surface area contributed by atoms with Crippen molar-refractivity contribution in [2.75, 3.05) is 0 Å². The number of carboxylic acid groups (broad SMARTS) is 1. The van der Waals surface area contributed by atoms with E-state index >= 15 is 0 Å². The molecule has 106 valence electrons. The van der Waals surface area contributed by atoms with E-state index in [0.717, 1.165) is 4.68 Å². The minimum atomic E-state index is -1.14. The number of nitrogens with zero attached hydrogens (tertiary/aromatic N) is 4. The Morgan fingerprint density at radius 2 is 2.10 bits per heavy atom. The topological polar surface area (TPSA) is 89.5 Å². The summed E-state index contributed by atoms with van der Waals surface area (Å²) in [6.07, 6.45) is 1.29. The quantitative estimate of drug-likeness (QED) is 0.787. The third-order valence-electron chi connectivity index (χ3n) is 2.92. The molecule has 21 heavy (non-hydrogen) atoms. The molecule has 0 saturated carbocycles. The Morgan fingerprint density at radius 1 is 1.33 bits per heavy atom. The molecule has 0 aliphatic heterocycles. The third-order valence-corrected chi connectivity index (χ3v) is 3.25. The highest BCUT2D eigenvalue weighted by atomic mass is 35.5. The average molecular weight is 305 g/mol. The van der Waals surface area contributed by atoms with Gasteiger partial charge in [0.05, 0.1) is 10.7 Å². The lowest BCUT2D eigenvalue weighted by molar-refractivity contribution is -0.138. The predicted molar refractivity (Wildman–Crippen MR) is 75.3 cm³/mol. The lowest BCUT2D eigenvalue weighted by Gasteiger charge is -1.99. The van der Waals surface area contributed by atoms with Gasteiger partial charge in [-0.15, -0.1) is 0 Å². The number of fused-ring (bicyclic) bond motifs is 1. The number of hydrogen-bond acceptors (Lipinski definition) is 4. The molecule has 0 radical (unpaired) electrons. The van der Waals surface area contributed by atoms with Crippen LogP contribution in [0, 0.1) is 0 Å². The minimum Gasteiger partial charge on any atom is -0.480 e. The first-order valence-corrected chi connectivity index (χ1v) is 6.36. The number of carbonyl (C=O) groups is 1. The highest BCUT2D eigenvalue weighted by molar-refractivity contribution is 6.33. The molecule has 8 heteroatoms. The first-order valence-electron chi connectivity index (χ1n) is 5.98. The van der Waals surface area contributed by atoms with Crippen LogP contribution in [0.5, 0.6) is 0 Å². The van der Waals surface area contributed by atoms with Crippen molar-refractivity contribution in [3.63, 3.8) is 0 Å². The summed E-state index contributed by atoms with van der Waals surface area (Å²) in [6.45, 7) is -0.498. The van der Waals surface area contributed by atoms with Gasteiger partial charge in [-0.25, -0.2) is 9.20 Å². The summed E-state index contributed by atoms with van der Waals surface area (Å²) in [5.41, 5.74) is 0.923. The summed E-state index contributed by atoms with van der Waals surface area (Å²) in [5.74, 6) is -1.14. The lowest BCUT2D eigenvalue weighted by Crippen LogP contribution is -2.27. The van der Waals surface area contributed by atoms with Crippen LogP contribution in [0.2, 0.25) is 5.02 Å². The number of hydrogen-bond donors (Lipinski definition) is 1. The summed E-state index contributed by atoms with van der Waals surface area (Å²) in [5, 5.41) is 17.3. The van der Waals surface area contributed by atoms with E-state index in [1.807, 2.05) is 6.07 Å². The second-order valence-corrected chi connectivity index (χ2v) is 4.73. The van der Waals surface area contributed by atoms with Crippen LogP contribution in [0.3, 0.4) is 0 Å². The van der Waals surface area contributed by atoms with Crippen LogP contribution in [0.4, 0.5) is 0 Å². The highest BCUT2D eigenvalue weighted by Gasteiger charge is 2.12. The normalized spacial score (nSPS) is 10.9. The molecule has 2 aromatic heterocycles. The molecule has 1 N–H and O–H groups in total. The van der Waals surface area contributed by atoms with E-state index in [1.165, 1.54) is 10.8 Å². The van der Waals surface area contributed by atoms with Gasteiger partial charge >= 0.3 is 5.97 Å². The number of carboxylic acids is 1. The van der Waals surface area contributed by atoms with Gasteiger partial charge in [-0.05, 0) is 12.1 Å². The predicted octanol–water partition coefficient (Wildman–Crippen LogP) is 1.30. The van der Waals surface area contributed by atoms with Crippen LogP contribution in [-0.2, 0) is 11.3 Å². The van der Waals surface area contributed by atoms with Crippen molar-refractivity contribution in [3.8, 4) is 11.3 Å². The summed E-state index contributed by atoms with van der Waals surface area (Å²) in [4.78, 5) is 22.8. The van der Waals surface area contributed by atoms with Crippen LogP contribution >= 0.6 is 11.6 Å². The maximum absolute atomic E-state index is 12.1. The van der Waals surface area contributed by atoms with E-state index < -0.39 is 18.1 Å². The Hall–Kier alpha value is -2.67. The molecule has 0 amide bonds. The molecule has 0 saturated heterocycles. The monoisotopic (exact) mass is 304 g/mol. The molecule has 0 spiro atoms. The number of benzene rings is 1. The van der Waals surface area contributed by atoms with Crippen LogP contribution in [0.25, 0.3) is 16.8 Å². The maximum atomic E-state index is 12.1.